The highest BCUT2D eigenvalue weighted by atomic mass is 32.1. The van der Waals surface area contributed by atoms with Crippen LogP contribution in [0.25, 0.3) is 0 Å². The molecule has 6 heteroatoms. The number of phenols is 1. The number of phenolic OH excluding ortho intramolecular Hbond substituents is 1. The molecule has 0 amide bonds. The number of allylic oxidation sites excluding steroid dienone is 2. The van der Waals surface area contributed by atoms with Gasteiger partial charge in [0, 0.05) is 17.5 Å². The lowest BCUT2D eigenvalue weighted by Gasteiger charge is -2.41. The van der Waals surface area contributed by atoms with Crippen molar-refractivity contribution in [2.24, 2.45) is 11.3 Å². The van der Waals surface area contributed by atoms with Gasteiger partial charge in [-0.2, -0.15) is 12.6 Å². The summed E-state index contributed by atoms with van der Waals surface area (Å²) in [5.74, 6) is 1.75. The van der Waals surface area contributed by atoms with Crippen molar-refractivity contribution in [3.63, 3.8) is 0 Å². The molecule has 0 spiro atoms. The van der Waals surface area contributed by atoms with Gasteiger partial charge in [-0.15, -0.1) is 0 Å². The Bertz CT molecular complexity index is 1490. The van der Waals surface area contributed by atoms with E-state index in [-0.39, 0.29) is 22.9 Å². The largest absolute Gasteiger partial charge is 0.507 e. The van der Waals surface area contributed by atoms with Crippen LogP contribution in [0, 0.1) is 11.3 Å². The number of benzene rings is 3. The zero-order valence-corrected chi connectivity index (χ0v) is 34.2. The quantitative estimate of drug-likeness (QED) is 0.162. The van der Waals surface area contributed by atoms with Crippen molar-refractivity contribution in [1.29, 1.82) is 0 Å². The number of hydrogen-bond donors (Lipinski definition) is 2. The van der Waals surface area contributed by atoms with Gasteiger partial charge >= 0.3 is 0 Å². The first-order chi connectivity index (χ1) is 24.2. The third-order valence-electron chi connectivity index (χ3n) is 9.50. The van der Waals surface area contributed by atoms with Gasteiger partial charge in [-0.1, -0.05) is 117 Å². The Morgan fingerprint density at radius 3 is 2.10 bits per heavy atom. The fourth-order valence-electron chi connectivity index (χ4n) is 7.07. The van der Waals surface area contributed by atoms with Gasteiger partial charge in [0.15, 0.2) is 0 Å². The molecule has 5 rings (SSSR count). The number of methoxy groups -OCH3 is 2. The first-order valence-electron chi connectivity index (χ1n) is 18.7. The van der Waals surface area contributed by atoms with Crippen LogP contribution in [0.2, 0.25) is 0 Å². The molecule has 50 heavy (non-hydrogen) atoms. The van der Waals surface area contributed by atoms with Gasteiger partial charge < -0.3 is 19.3 Å². The van der Waals surface area contributed by atoms with Crippen molar-refractivity contribution >= 4 is 18.4 Å². The monoisotopic (exact) mass is 706 g/mol. The molecule has 2 atom stereocenters. The molecule has 0 fully saturated rings. The van der Waals surface area contributed by atoms with E-state index in [1.807, 2.05) is 77.9 Å². The molecule has 0 radical (unpaired) electrons. The van der Waals surface area contributed by atoms with Gasteiger partial charge in [-0.3, -0.25) is 4.79 Å². The summed E-state index contributed by atoms with van der Waals surface area (Å²) in [6.07, 6.45) is 8.36. The van der Waals surface area contributed by atoms with Crippen molar-refractivity contribution in [2.75, 3.05) is 20.5 Å². The highest BCUT2D eigenvalue weighted by Crippen LogP contribution is 2.54. The van der Waals surface area contributed by atoms with Crippen LogP contribution in [0.1, 0.15) is 146 Å². The second-order valence-electron chi connectivity index (χ2n) is 12.4. The number of rotatable bonds is 10. The summed E-state index contributed by atoms with van der Waals surface area (Å²) in [4.78, 5) is 14.3. The molecule has 3 aromatic rings. The van der Waals surface area contributed by atoms with Crippen LogP contribution in [0.3, 0.4) is 0 Å². The average Bonchev–Trinajstić information content (AvgIpc) is 3.16. The van der Waals surface area contributed by atoms with Gasteiger partial charge in [0.1, 0.15) is 29.6 Å². The average molecular weight is 707 g/mol. The van der Waals surface area contributed by atoms with E-state index in [4.69, 9.17) is 14.2 Å². The minimum absolute atomic E-state index is 0.0180. The summed E-state index contributed by atoms with van der Waals surface area (Å²) in [6.45, 7) is 21.6. The second-order valence-corrected chi connectivity index (χ2v) is 12.4. The number of fused-ring (bicyclic) bond motifs is 2. The molecule has 0 bridgehead atoms. The van der Waals surface area contributed by atoms with Crippen LogP contribution in [0.5, 0.6) is 23.0 Å². The summed E-state index contributed by atoms with van der Waals surface area (Å²) in [5, 5.41) is 11.1. The fraction of sp³-hybridized carbons (Fsp3) is 0.523. The predicted molar refractivity (Wildman–Crippen MR) is 216 cm³/mol. The number of thiol groups is 1. The van der Waals surface area contributed by atoms with Crippen LogP contribution in [0.4, 0.5) is 0 Å². The van der Waals surface area contributed by atoms with Crippen molar-refractivity contribution in [3.8, 4) is 23.0 Å². The Morgan fingerprint density at radius 1 is 0.880 bits per heavy atom. The summed E-state index contributed by atoms with van der Waals surface area (Å²) in [5.41, 5.74) is 6.31. The van der Waals surface area contributed by atoms with Gasteiger partial charge in [0.05, 0.1) is 25.3 Å². The zero-order chi connectivity index (χ0) is 38.0. The van der Waals surface area contributed by atoms with Gasteiger partial charge in [0.25, 0.3) is 0 Å². The van der Waals surface area contributed by atoms with E-state index < -0.39 is 0 Å². The second kappa shape index (κ2) is 22.4. The van der Waals surface area contributed by atoms with E-state index in [1.165, 1.54) is 36.8 Å². The highest BCUT2D eigenvalue weighted by molar-refractivity contribution is 7.79. The van der Waals surface area contributed by atoms with Crippen LogP contribution in [0.15, 0.2) is 65.7 Å². The summed E-state index contributed by atoms with van der Waals surface area (Å²) in [7, 11) is 3.26. The lowest BCUT2D eigenvalue weighted by atomic mass is 9.63. The fourth-order valence-corrected chi connectivity index (χ4v) is 7.07. The molecule has 0 aromatic heterocycles. The maximum Gasteiger partial charge on any atom is 0.201 e. The number of ketones is 1. The summed E-state index contributed by atoms with van der Waals surface area (Å²) >= 11 is 3.53. The Kier molecular flexibility index (Phi) is 20.0. The van der Waals surface area contributed by atoms with Gasteiger partial charge in [-0.05, 0) is 79.5 Å². The van der Waals surface area contributed by atoms with E-state index in [0.29, 0.717) is 40.9 Å². The molecule has 0 heterocycles. The molecule has 0 saturated carbocycles. The molecular weight excluding hydrogens is 641 g/mol. The number of aromatic hydroxyl groups is 1. The van der Waals surface area contributed by atoms with E-state index in [1.54, 1.807) is 38.7 Å². The number of ether oxygens (including phenoxy) is 3. The molecule has 1 N–H and O–H groups in total. The molecule has 2 aliphatic carbocycles. The Balaban J connectivity index is 0.00000146. The summed E-state index contributed by atoms with van der Waals surface area (Å²) in [6, 6.07) is 17.0. The van der Waals surface area contributed by atoms with Crippen molar-refractivity contribution in [3.05, 3.63) is 93.6 Å². The van der Waals surface area contributed by atoms with Crippen molar-refractivity contribution in [1.82, 2.24) is 0 Å². The smallest absolute Gasteiger partial charge is 0.201 e. The molecule has 0 aliphatic heterocycles. The molecule has 278 valence electrons. The zero-order valence-electron chi connectivity index (χ0n) is 33.3. The Morgan fingerprint density at radius 2 is 1.52 bits per heavy atom. The van der Waals surface area contributed by atoms with Crippen LogP contribution in [-0.4, -0.2) is 31.4 Å². The summed E-state index contributed by atoms with van der Waals surface area (Å²) < 4.78 is 18.0. The van der Waals surface area contributed by atoms with Crippen LogP contribution < -0.4 is 14.2 Å². The number of unbranched alkanes of at least 4 members (excludes halogenated alkanes) is 1. The van der Waals surface area contributed by atoms with Crippen LogP contribution >= 0.6 is 12.6 Å². The standard InChI is InChI=1S/C37H44O5.3C2H6.CH4S/c1-7-8-14-25-17-18-37(3,4)29(23(25)2)21-28-27-19-26(40-5)20-32(42-22-24-12-10-9-11-13-24)34(27)36(39)35-30(38)15-16-31(41-6)33(28)35;4*1-2/h9-13,15-16,19-20,25,28,38H,7-8,14,17-18,21-22H2,1-6H3;3*1-2H3;2H,1H3/t25-,28+;;;;/m1..../s1. The lowest BCUT2D eigenvalue weighted by molar-refractivity contribution is 0.102. The third kappa shape index (κ3) is 10.3. The van der Waals surface area contributed by atoms with E-state index in [0.717, 1.165) is 29.5 Å². The predicted octanol–water partition coefficient (Wildman–Crippen LogP) is 12.6. The molecule has 5 nitrogen and oxygen atoms in total. The minimum atomic E-state index is -0.257. The molecular formula is C44H66O5S. The van der Waals surface area contributed by atoms with Gasteiger partial charge in [-0.25, -0.2) is 0 Å². The maximum absolute atomic E-state index is 14.3. The molecule has 0 unspecified atom stereocenters. The van der Waals surface area contributed by atoms with Crippen molar-refractivity contribution in [2.45, 2.75) is 120 Å². The van der Waals surface area contributed by atoms with E-state index in [2.05, 4.69) is 40.3 Å². The highest BCUT2D eigenvalue weighted by Gasteiger charge is 2.42. The number of carbonyl (C=O) groups excluding carboxylic acids is 1. The number of hydrogen-bond acceptors (Lipinski definition) is 6. The normalized spacial score (nSPS) is 16.6. The SMILES string of the molecule is CC.CC.CC.CCCC[C@@H]1CCC(C)(C)C(C[C@H]2c3cc(OC)cc(OCc4ccccc4)c3C(=O)c3c(O)ccc(OC)c32)=C1C.CS. The first-order valence-corrected chi connectivity index (χ1v) is 19.6. The topological polar surface area (TPSA) is 65.0 Å². The first kappa shape index (κ1) is 44.6. The van der Waals surface area contributed by atoms with Gasteiger partial charge in [0.2, 0.25) is 5.78 Å². The molecule has 0 saturated heterocycles. The number of carbonyl (C=O) groups is 1. The van der Waals surface area contributed by atoms with E-state index in [9.17, 15) is 9.90 Å². The van der Waals surface area contributed by atoms with E-state index >= 15 is 0 Å². The third-order valence-corrected chi connectivity index (χ3v) is 9.50. The molecule has 2 aliphatic rings. The lowest BCUT2D eigenvalue weighted by Crippen LogP contribution is -2.29. The van der Waals surface area contributed by atoms with Crippen molar-refractivity contribution < 1.29 is 24.1 Å². The molecule has 3 aromatic carbocycles. The van der Waals surface area contributed by atoms with Crippen LogP contribution in [-0.2, 0) is 6.61 Å². The Hall–Kier alpha value is -3.38. The maximum atomic E-state index is 14.3. The Labute approximate surface area is 310 Å². The minimum Gasteiger partial charge on any atom is -0.507 e.